The number of nitrogens with one attached hydrogen (secondary N) is 1. The molecule has 3 rings (SSSR count). The zero-order chi connectivity index (χ0) is 21.2. The Hall–Kier alpha value is -3.92. The Labute approximate surface area is 169 Å². The summed E-state index contributed by atoms with van der Waals surface area (Å²) in [7, 11) is 0. The lowest BCUT2D eigenvalue weighted by molar-refractivity contribution is -0.117. The predicted octanol–water partition coefficient (Wildman–Crippen LogP) is 3.63. The van der Waals surface area contributed by atoms with Crippen molar-refractivity contribution in [2.75, 3.05) is 6.79 Å². The fourth-order valence-corrected chi connectivity index (χ4v) is 2.39. The van der Waals surface area contributed by atoms with Gasteiger partial charge in [-0.25, -0.2) is 0 Å². The Bertz CT molecular complexity index is 974. The van der Waals surface area contributed by atoms with Crippen molar-refractivity contribution in [1.29, 1.82) is 5.26 Å². The van der Waals surface area contributed by atoms with Crippen LogP contribution in [0, 0.1) is 11.3 Å². The van der Waals surface area contributed by atoms with E-state index in [0.717, 1.165) is 5.56 Å². The number of ether oxygens (including phenoxy) is 2. The average Bonchev–Trinajstić information content (AvgIpc) is 3.21. The summed E-state index contributed by atoms with van der Waals surface area (Å²) in [5, 5.41) is 30.6. The number of fused-ring (bicyclic) bond motifs is 1. The Morgan fingerprint density at radius 3 is 2.62 bits per heavy atom. The van der Waals surface area contributed by atoms with E-state index in [2.05, 4.69) is 5.32 Å². The van der Waals surface area contributed by atoms with Crippen LogP contribution in [0.5, 0.6) is 23.0 Å². The third-order valence-electron chi connectivity index (χ3n) is 3.81. The molecule has 2 aromatic rings. The van der Waals surface area contributed by atoms with Crippen LogP contribution in [0.3, 0.4) is 0 Å². The molecule has 0 aromatic heterocycles. The van der Waals surface area contributed by atoms with Gasteiger partial charge in [-0.3, -0.25) is 4.79 Å². The SMILES string of the molecule is CC.N#C/C(=C\C=C\c1ccc(O)c(O)c1)C(=O)NCc1ccc2c(c1)OCO2. The zero-order valence-electron chi connectivity index (χ0n) is 16.2. The smallest absolute Gasteiger partial charge is 0.262 e. The number of benzene rings is 2. The van der Waals surface area contributed by atoms with Crippen molar-refractivity contribution in [3.05, 3.63) is 65.3 Å². The normalized spacial score (nSPS) is 12.1. The molecule has 0 fully saturated rings. The van der Waals surface area contributed by atoms with Gasteiger partial charge in [0.1, 0.15) is 11.6 Å². The number of carbonyl (C=O) groups is 1. The highest BCUT2D eigenvalue weighted by Crippen LogP contribution is 2.32. The molecule has 0 spiro atoms. The number of hydrogen-bond donors (Lipinski definition) is 3. The van der Waals surface area contributed by atoms with Crippen molar-refractivity contribution < 1.29 is 24.5 Å². The summed E-state index contributed by atoms with van der Waals surface area (Å²) in [6.07, 6.45) is 4.49. The first-order valence-corrected chi connectivity index (χ1v) is 9.04. The van der Waals surface area contributed by atoms with E-state index >= 15 is 0 Å². The van der Waals surface area contributed by atoms with Gasteiger partial charge in [0.2, 0.25) is 6.79 Å². The maximum Gasteiger partial charge on any atom is 0.262 e. The molecule has 7 nitrogen and oxygen atoms in total. The third-order valence-corrected chi connectivity index (χ3v) is 3.81. The van der Waals surface area contributed by atoms with Crippen LogP contribution in [0.2, 0.25) is 0 Å². The summed E-state index contributed by atoms with van der Waals surface area (Å²) in [6.45, 7) is 4.42. The number of hydrogen-bond acceptors (Lipinski definition) is 6. The van der Waals surface area contributed by atoms with Gasteiger partial charge < -0.3 is 25.0 Å². The van der Waals surface area contributed by atoms with Crippen molar-refractivity contribution in [3.8, 4) is 29.1 Å². The lowest BCUT2D eigenvalue weighted by Gasteiger charge is -2.05. The lowest BCUT2D eigenvalue weighted by atomic mass is 10.1. The molecule has 1 aliphatic rings. The molecule has 3 N–H and O–H groups in total. The number of phenolic OH excluding ortho intramolecular Hbond substituents is 2. The molecule has 29 heavy (non-hydrogen) atoms. The second-order valence-corrected chi connectivity index (χ2v) is 5.67. The van der Waals surface area contributed by atoms with Crippen LogP contribution >= 0.6 is 0 Å². The molecule has 0 atom stereocenters. The topological polar surface area (TPSA) is 112 Å². The van der Waals surface area contributed by atoms with Crippen LogP contribution in [-0.2, 0) is 11.3 Å². The standard InChI is InChI=1S/C20H16N2O5.C2H6/c21-10-15(3-1-2-13-4-6-16(23)17(24)8-13)20(25)22-11-14-5-7-18-19(9-14)27-12-26-18;1-2/h1-9,23-24H,11-12H2,(H,22,25);1-2H3/b2-1+,15-3+;. The molecule has 0 saturated carbocycles. The molecule has 2 aromatic carbocycles. The van der Waals surface area contributed by atoms with Crippen molar-refractivity contribution in [2.24, 2.45) is 0 Å². The van der Waals surface area contributed by atoms with Gasteiger partial charge >= 0.3 is 0 Å². The highest BCUT2D eigenvalue weighted by atomic mass is 16.7. The van der Waals surface area contributed by atoms with Gasteiger partial charge in [0, 0.05) is 6.54 Å². The molecular weight excluding hydrogens is 372 g/mol. The van der Waals surface area contributed by atoms with Crippen LogP contribution in [0.1, 0.15) is 25.0 Å². The summed E-state index contributed by atoms with van der Waals surface area (Å²) in [4.78, 5) is 12.2. The minimum absolute atomic E-state index is 0.0602. The molecule has 0 saturated heterocycles. The molecule has 0 bridgehead atoms. The lowest BCUT2D eigenvalue weighted by Crippen LogP contribution is -2.23. The molecule has 1 heterocycles. The van der Waals surface area contributed by atoms with E-state index in [-0.39, 0.29) is 30.4 Å². The maximum absolute atomic E-state index is 12.2. The van der Waals surface area contributed by atoms with Crippen molar-refractivity contribution in [3.63, 3.8) is 0 Å². The Morgan fingerprint density at radius 1 is 1.14 bits per heavy atom. The third kappa shape index (κ3) is 5.78. The fraction of sp³-hybridized carbons (Fsp3) is 0.182. The van der Waals surface area contributed by atoms with Gasteiger partial charge in [-0.05, 0) is 41.5 Å². The summed E-state index contributed by atoms with van der Waals surface area (Å²) >= 11 is 0. The molecule has 150 valence electrons. The molecular formula is C22H22N2O5. The summed E-state index contributed by atoms with van der Waals surface area (Å²) in [6, 6.07) is 11.5. The van der Waals surface area contributed by atoms with Gasteiger partial charge in [0.25, 0.3) is 5.91 Å². The number of allylic oxidation sites excluding steroid dienone is 2. The number of phenols is 2. The molecule has 0 aliphatic carbocycles. The number of rotatable bonds is 5. The van der Waals surface area contributed by atoms with Crippen LogP contribution < -0.4 is 14.8 Å². The molecule has 1 aliphatic heterocycles. The van der Waals surface area contributed by atoms with Gasteiger partial charge in [-0.1, -0.05) is 38.1 Å². The highest BCUT2D eigenvalue weighted by molar-refractivity contribution is 5.97. The van der Waals surface area contributed by atoms with Crippen molar-refractivity contribution >= 4 is 12.0 Å². The van der Waals surface area contributed by atoms with Gasteiger partial charge in [0.05, 0.1) is 0 Å². The number of nitriles is 1. The largest absolute Gasteiger partial charge is 0.504 e. The highest BCUT2D eigenvalue weighted by Gasteiger charge is 2.14. The van der Waals surface area contributed by atoms with E-state index in [1.165, 1.54) is 24.3 Å². The van der Waals surface area contributed by atoms with Crippen molar-refractivity contribution in [1.82, 2.24) is 5.32 Å². The summed E-state index contributed by atoms with van der Waals surface area (Å²) in [5.74, 6) is 0.311. The number of nitrogens with zero attached hydrogens (tertiary/aromatic N) is 1. The second-order valence-electron chi connectivity index (χ2n) is 5.67. The molecule has 0 unspecified atom stereocenters. The maximum atomic E-state index is 12.2. The first-order valence-electron chi connectivity index (χ1n) is 9.04. The fourth-order valence-electron chi connectivity index (χ4n) is 2.39. The predicted molar refractivity (Wildman–Crippen MR) is 108 cm³/mol. The van der Waals surface area contributed by atoms with Crippen molar-refractivity contribution in [2.45, 2.75) is 20.4 Å². The molecule has 0 radical (unpaired) electrons. The molecule has 1 amide bonds. The van der Waals surface area contributed by atoms with E-state index < -0.39 is 5.91 Å². The minimum Gasteiger partial charge on any atom is -0.504 e. The summed E-state index contributed by atoms with van der Waals surface area (Å²) in [5.41, 5.74) is 1.37. The first-order chi connectivity index (χ1) is 14.1. The van der Waals surface area contributed by atoms with Crippen LogP contribution in [0.4, 0.5) is 0 Å². The van der Waals surface area contributed by atoms with E-state index in [9.17, 15) is 20.3 Å². The van der Waals surface area contributed by atoms with Gasteiger partial charge in [0.15, 0.2) is 23.0 Å². The van der Waals surface area contributed by atoms with Crippen LogP contribution in [-0.4, -0.2) is 22.9 Å². The Morgan fingerprint density at radius 2 is 1.90 bits per heavy atom. The van der Waals surface area contributed by atoms with E-state index in [0.29, 0.717) is 17.1 Å². The average molecular weight is 394 g/mol. The minimum atomic E-state index is -0.506. The quantitative estimate of drug-likeness (QED) is 0.309. The van der Waals surface area contributed by atoms with E-state index in [1.54, 1.807) is 30.3 Å². The molecule has 7 heteroatoms. The number of carbonyl (C=O) groups excluding carboxylic acids is 1. The second kappa shape index (κ2) is 10.4. The zero-order valence-corrected chi connectivity index (χ0v) is 16.2. The van der Waals surface area contributed by atoms with Gasteiger partial charge in [-0.15, -0.1) is 0 Å². The monoisotopic (exact) mass is 394 g/mol. The summed E-state index contributed by atoms with van der Waals surface area (Å²) < 4.78 is 10.5. The Balaban J connectivity index is 0.00000145. The van der Waals surface area contributed by atoms with Gasteiger partial charge in [-0.2, -0.15) is 5.26 Å². The van der Waals surface area contributed by atoms with E-state index in [1.807, 2.05) is 19.9 Å². The number of amides is 1. The van der Waals surface area contributed by atoms with Crippen LogP contribution in [0.15, 0.2) is 54.1 Å². The van der Waals surface area contributed by atoms with Crippen LogP contribution in [0.25, 0.3) is 6.08 Å². The first kappa shape index (κ1) is 21.4. The number of aromatic hydroxyl groups is 2. The van der Waals surface area contributed by atoms with E-state index in [4.69, 9.17) is 9.47 Å². The Kier molecular flexibility index (Phi) is 7.68.